The summed E-state index contributed by atoms with van der Waals surface area (Å²) in [5, 5.41) is 8.32. The maximum Gasteiger partial charge on any atom is 0.293 e. The predicted octanol–water partition coefficient (Wildman–Crippen LogP) is -0.167. The zero-order chi connectivity index (χ0) is 9.45. The molecule has 0 fully saturated rings. The van der Waals surface area contributed by atoms with E-state index in [0.717, 1.165) is 0 Å². The molecule has 1 N–H and O–H groups in total. The van der Waals surface area contributed by atoms with Crippen LogP contribution in [-0.2, 0) is 19.3 Å². The van der Waals surface area contributed by atoms with E-state index < -0.39 is 10.1 Å². The van der Waals surface area contributed by atoms with Crippen LogP contribution in [0.25, 0.3) is 0 Å². The van der Waals surface area contributed by atoms with E-state index in [1.165, 1.54) is 6.08 Å². The minimum Gasteiger partial charge on any atom is -0.396 e. The highest BCUT2D eigenvalue weighted by atomic mass is 32.2. The van der Waals surface area contributed by atoms with E-state index in [4.69, 9.17) is 5.11 Å². The summed E-state index contributed by atoms with van der Waals surface area (Å²) in [6.45, 7) is 3.12. The SMILES string of the molecule is C=CCOOS(=O)(=O)CCCO. The maximum absolute atomic E-state index is 10.8. The van der Waals surface area contributed by atoms with Gasteiger partial charge in [-0.2, -0.15) is 8.42 Å². The van der Waals surface area contributed by atoms with E-state index in [-0.39, 0.29) is 25.4 Å². The van der Waals surface area contributed by atoms with Crippen LogP contribution >= 0.6 is 0 Å². The first-order valence-corrected chi connectivity index (χ1v) is 4.95. The van der Waals surface area contributed by atoms with Crippen LogP contribution < -0.4 is 0 Å². The summed E-state index contributed by atoms with van der Waals surface area (Å²) < 4.78 is 25.6. The van der Waals surface area contributed by atoms with Gasteiger partial charge < -0.3 is 5.11 Å². The third kappa shape index (κ3) is 6.29. The lowest BCUT2D eigenvalue weighted by atomic mass is 10.5. The van der Waals surface area contributed by atoms with Crippen LogP contribution in [0.3, 0.4) is 0 Å². The Hall–Kier alpha value is -0.430. The second-order valence-electron chi connectivity index (χ2n) is 1.98. The fraction of sp³-hybridized carbons (Fsp3) is 0.667. The molecule has 0 unspecified atom stereocenters. The monoisotopic (exact) mass is 196 g/mol. The lowest BCUT2D eigenvalue weighted by Crippen LogP contribution is -2.12. The van der Waals surface area contributed by atoms with Gasteiger partial charge in [0.2, 0.25) is 0 Å². The lowest BCUT2D eigenvalue weighted by molar-refractivity contribution is -0.190. The number of hydrogen-bond acceptors (Lipinski definition) is 5. The number of aliphatic hydroxyl groups is 1. The normalized spacial score (nSPS) is 11.4. The molecule has 0 amide bonds. The topological polar surface area (TPSA) is 72.8 Å². The molecule has 0 atom stereocenters. The first-order valence-electron chi connectivity index (χ1n) is 3.38. The molecule has 0 heterocycles. The van der Waals surface area contributed by atoms with Crippen molar-refractivity contribution in [1.82, 2.24) is 0 Å². The van der Waals surface area contributed by atoms with E-state index >= 15 is 0 Å². The lowest BCUT2D eigenvalue weighted by Gasteiger charge is -2.01. The van der Waals surface area contributed by atoms with Crippen molar-refractivity contribution >= 4 is 10.1 Å². The van der Waals surface area contributed by atoms with Gasteiger partial charge in [0.1, 0.15) is 6.61 Å². The van der Waals surface area contributed by atoms with Gasteiger partial charge in [0, 0.05) is 6.61 Å². The van der Waals surface area contributed by atoms with Gasteiger partial charge >= 0.3 is 0 Å². The van der Waals surface area contributed by atoms with Gasteiger partial charge in [0.05, 0.1) is 5.75 Å². The molecule has 6 heteroatoms. The number of hydrogen-bond donors (Lipinski definition) is 1. The minimum absolute atomic E-state index is 0.0123. The molecule has 0 aliphatic carbocycles. The summed E-state index contributed by atoms with van der Waals surface area (Å²) in [5.74, 6) is -0.249. The van der Waals surface area contributed by atoms with Crippen molar-refractivity contribution in [3.05, 3.63) is 12.7 Å². The van der Waals surface area contributed by atoms with Gasteiger partial charge in [-0.25, -0.2) is 4.89 Å². The first kappa shape index (κ1) is 11.6. The summed E-state index contributed by atoms with van der Waals surface area (Å²) in [6.07, 6.45) is 1.50. The second kappa shape index (κ2) is 6.13. The van der Waals surface area contributed by atoms with Crippen LogP contribution in [0.15, 0.2) is 12.7 Å². The number of rotatable bonds is 7. The Bertz CT molecular complexity index is 208. The van der Waals surface area contributed by atoms with Gasteiger partial charge in [-0.05, 0) is 6.42 Å². The molecular weight excluding hydrogens is 184 g/mol. The van der Waals surface area contributed by atoms with E-state index in [0.29, 0.717) is 0 Å². The van der Waals surface area contributed by atoms with Crippen molar-refractivity contribution in [2.24, 2.45) is 0 Å². The van der Waals surface area contributed by atoms with E-state index in [2.05, 4.69) is 15.8 Å². The largest absolute Gasteiger partial charge is 0.396 e. The second-order valence-corrected chi connectivity index (χ2v) is 3.64. The fourth-order valence-corrected chi connectivity index (χ4v) is 1.18. The highest BCUT2D eigenvalue weighted by molar-refractivity contribution is 7.86. The molecule has 0 bridgehead atoms. The molecule has 0 aliphatic rings. The van der Waals surface area contributed by atoms with E-state index in [1.54, 1.807) is 0 Å². The Labute approximate surface area is 71.7 Å². The Morgan fingerprint density at radius 3 is 2.67 bits per heavy atom. The standard InChI is InChI=1S/C6H12O5S/c1-2-5-10-11-12(8,9)6-3-4-7/h2,7H,1,3-6H2. The fourth-order valence-electron chi connectivity index (χ4n) is 0.425. The van der Waals surface area contributed by atoms with Crippen LogP contribution in [-0.4, -0.2) is 32.5 Å². The van der Waals surface area contributed by atoms with Gasteiger partial charge in [-0.15, -0.1) is 10.9 Å². The van der Waals surface area contributed by atoms with Gasteiger partial charge in [0.25, 0.3) is 10.1 Å². The molecule has 12 heavy (non-hydrogen) atoms. The van der Waals surface area contributed by atoms with Gasteiger partial charge in [-0.1, -0.05) is 6.08 Å². The summed E-state index contributed by atoms with van der Waals surface area (Å²) >= 11 is 0. The van der Waals surface area contributed by atoms with Crippen molar-refractivity contribution < 1.29 is 22.7 Å². The summed E-state index contributed by atoms with van der Waals surface area (Å²) in [6, 6.07) is 0. The van der Waals surface area contributed by atoms with Gasteiger partial charge in [-0.3, -0.25) is 0 Å². The van der Waals surface area contributed by atoms with Crippen LogP contribution in [0.4, 0.5) is 0 Å². The van der Waals surface area contributed by atoms with Crippen molar-refractivity contribution in [1.29, 1.82) is 0 Å². The molecule has 0 saturated carbocycles. The Morgan fingerprint density at radius 2 is 2.17 bits per heavy atom. The number of aliphatic hydroxyl groups excluding tert-OH is 1. The Kier molecular flexibility index (Phi) is 5.91. The zero-order valence-electron chi connectivity index (χ0n) is 6.60. The third-order valence-electron chi connectivity index (χ3n) is 0.890. The first-order chi connectivity index (χ1) is 5.62. The quantitative estimate of drug-likeness (QED) is 0.265. The molecule has 5 nitrogen and oxygen atoms in total. The maximum atomic E-state index is 10.8. The van der Waals surface area contributed by atoms with Crippen molar-refractivity contribution in [3.63, 3.8) is 0 Å². The average molecular weight is 196 g/mol. The van der Waals surface area contributed by atoms with Crippen LogP contribution in [0.2, 0.25) is 0 Å². The van der Waals surface area contributed by atoms with Gasteiger partial charge in [0.15, 0.2) is 0 Å². The van der Waals surface area contributed by atoms with Crippen molar-refractivity contribution in [2.75, 3.05) is 19.0 Å². The Morgan fingerprint density at radius 1 is 1.50 bits per heavy atom. The molecule has 0 aromatic rings. The van der Waals surface area contributed by atoms with Crippen molar-refractivity contribution in [3.8, 4) is 0 Å². The van der Waals surface area contributed by atoms with Crippen LogP contribution in [0.5, 0.6) is 0 Å². The highest BCUT2D eigenvalue weighted by Crippen LogP contribution is 1.96. The van der Waals surface area contributed by atoms with Crippen LogP contribution in [0, 0.1) is 0 Å². The Balaban J connectivity index is 3.64. The molecule has 0 rings (SSSR count). The molecule has 72 valence electrons. The minimum atomic E-state index is -3.65. The molecule has 0 saturated heterocycles. The zero-order valence-corrected chi connectivity index (χ0v) is 7.42. The summed E-state index contributed by atoms with van der Waals surface area (Å²) in [5.41, 5.74) is 0. The molecule has 0 aromatic heterocycles. The molecular formula is C6H12O5S. The molecule has 0 aromatic carbocycles. The van der Waals surface area contributed by atoms with E-state index in [9.17, 15) is 8.42 Å². The predicted molar refractivity (Wildman–Crippen MR) is 42.7 cm³/mol. The van der Waals surface area contributed by atoms with E-state index in [1.807, 2.05) is 0 Å². The summed E-state index contributed by atoms with van der Waals surface area (Å²) in [4.78, 5) is 4.26. The molecule has 0 radical (unpaired) electrons. The average Bonchev–Trinajstić information content (AvgIpc) is 2.01. The summed E-state index contributed by atoms with van der Waals surface area (Å²) in [7, 11) is -3.65. The third-order valence-corrected chi connectivity index (χ3v) is 1.98. The molecule has 0 aliphatic heterocycles. The smallest absolute Gasteiger partial charge is 0.293 e. The molecule has 0 spiro atoms. The van der Waals surface area contributed by atoms with Crippen molar-refractivity contribution in [2.45, 2.75) is 6.42 Å². The van der Waals surface area contributed by atoms with Crippen LogP contribution in [0.1, 0.15) is 6.42 Å². The highest BCUT2D eigenvalue weighted by Gasteiger charge is 2.10.